The van der Waals surface area contributed by atoms with Gasteiger partial charge in [0.15, 0.2) is 0 Å². The minimum atomic E-state index is -4.50. The second-order valence-corrected chi connectivity index (χ2v) is 7.25. The minimum absolute atomic E-state index is 0.0732. The van der Waals surface area contributed by atoms with E-state index in [0.29, 0.717) is 17.7 Å². The largest absolute Gasteiger partial charge is 0.432 e. The van der Waals surface area contributed by atoms with Crippen LogP contribution in [0.1, 0.15) is 36.5 Å². The highest BCUT2D eigenvalue weighted by Gasteiger charge is 2.41. The lowest BCUT2D eigenvalue weighted by molar-refractivity contribution is -0.189. The molecule has 0 radical (unpaired) electrons. The highest BCUT2D eigenvalue weighted by atomic mass is 19.3. The molecule has 31 heavy (non-hydrogen) atoms. The molecule has 0 bridgehead atoms. The zero-order valence-corrected chi connectivity index (χ0v) is 16.9. The Hall–Kier alpha value is -2.96. The van der Waals surface area contributed by atoms with Crippen molar-refractivity contribution in [2.45, 2.75) is 39.2 Å². The van der Waals surface area contributed by atoms with E-state index >= 15 is 0 Å². The Morgan fingerprint density at radius 3 is 1.84 bits per heavy atom. The summed E-state index contributed by atoms with van der Waals surface area (Å²) < 4.78 is 89.5. The van der Waals surface area contributed by atoms with E-state index in [2.05, 4.69) is 11.7 Å². The van der Waals surface area contributed by atoms with Crippen LogP contribution in [-0.4, -0.2) is 0 Å². The van der Waals surface area contributed by atoms with Gasteiger partial charge in [0.2, 0.25) is 0 Å². The number of benzene rings is 3. The van der Waals surface area contributed by atoms with Crippen LogP contribution < -0.4 is 4.74 Å². The predicted molar refractivity (Wildman–Crippen MR) is 106 cm³/mol. The summed E-state index contributed by atoms with van der Waals surface area (Å²) >= 11 is 0. The normalized spacial score (nSPS) is 11.6. The van der Waals surface area contributed by atoms with Crippen LogP contribution in [0.5, 0.6) is 5.75 Å². The van der Waals surface area contributed by atoms with Gasteiger partial charge in [-0.2, -0.15) is 8.78 Å². The molecule has 3 rings (SSSR count). The lowest BCUT2D eigenvalue weighted by atomic mass is 10.00. The first-order chi connectivity index (χ1) is 14.6. The van der Waals surface area contributed by atoms with Crippen LogP contribution in [0.2, 0.25) is 0 Å². The molecule has 1 nitrogen and oxygen atoms in total. The van der Waals surface area contributed by atoms with Crippen LogP contribution in [0.3, 0.4) is 0 Å². The molecule has 0 saturated heterocycles. The summed E-state index contributed by atoms with van der Waals surface area (Å²) in [5, 5.41) is 0. The molecule has 0 aliphatic heterocycles. The van der Waals surface area contributed by atoms with Gasteiger partial charge in [0.25, 0.3) is 0 Å². The fourth-order valence-electron chi connectivity index (χ4n) is 3.14. The van der Waals surface area contributed by atoms with Gasteiger partial charge in [0.05, 0.1) is 0 Å². The number of alkyl halides is 2. The third kappa shape index (κ3) is 5.03. The van der Waals surface area contributed by atoms with Crippen molar-refractivity contribution in [3.63, 3.8) is 0 Å². The molecular weight excluding hydrogens is 418 g/mol. The highest BCUT2D eigenvalue weighted by molar-refractivity contribution is 5.64. The van der Waals surface area contributed by atoms with Crippen LogP contribution in [0.25, 0.3) is 11.1 Å². The molecule has 0 saturated carbocycles. The maximum absolute atomic E-state index is 14.5. The average molecular weight is 438 g/mol. The van der Waals surface area contributed by atoms with Crippen LogP contribution in [-0.2, 0) is 12.5 Å². The van der Waals surface area contributed by atoms with Crippen molar-refractivity contribution in [1.29, 1.82) is 0 Å². The highest BCUT2D eigenvalue weighted by Crippen LogP contribution is 2.37. The van der Waals surface area contributed by atoms with Crippen molar-refractivity contribution < 1.29 is 31.1 Å². The van der Waals surface area contributed by atoms with Crippen LogP contribution in [0, 0.1) is 30.2 Å². The molecule has 0 spiro atoms. The summed E-state index contributed by atoms with van der Waals surface area (Å²) in [5.74, 6) is -6.21. The number of ether oxygens (including phenoxy) is 1. The van der Waals surface area contributed by atoms with E-state index in [1.807, 2.05) is 12.1 Å². The Labute approximate surface area is 176 Å². The monoisotopic (exact) mass is 438 g/mol. The molecule has 0 aliphatic rings. The first kappa shape index (κ1) is 22.7. The smallest absolute Gasteiger partial charge is 0.429 e. The van der Waals surface area contributed by atoms with Gasteiger partial charge in [-0.15, -0.1) is 0 Å². The summed E-state index contributed by atoms with van der Waals surface area (Å²) in [7, 11) is 0. The Morgan fingerprint density at radius 2 is 1.32 bits per heavy atom. The Balaban J connectivity index is 1.90. The fourth-order valence-corrected chi connectivity index (χ4v) is 3.14. The molecule has 0 heterocycles. The number of aryl methyl sites for hydroxylation is 1. The van der Waals surface area contributed by atoms with Gasteiger partial charge in [-0.25, -0.2) is 17.6 Å². The summed E-state index contributed by atoms with van der Waals surface area (Å²) in [4.78, 5) is 0. The van der Waals surface area contributed by atoms with Gasteiger partial charge in [-0.1, -0.05) is 37.6 Å². The lowest BCUT2D eigenvalue weighted by Gasteiger charge is -2.20. The molecular formula is C24H20F6O. The maximum Gasteiger partial charge on any atom is 0.432 e. The number of hydrogen-bond donors (Lipinski definition) is 0. The van der Waals surface area contributed by atoms with Crippen molar-refractivity contribution in [1.82, 2.24) is 0 Å². The first-order valence-corrected chi connectivity index (χ1v) is 9.73. The van der Waals surface area contributed by atoms with E-state index in [1.165, 1.54) is 0 Å². The molecule has 0 aliphatic carbocycles. The van der Waals surface area contributed by atoms with Crippen LogP contribution >= 0.6 is 0 Å². The van der Waals surface area contributed by atoms with E-state index < -0.39 is 46.3 Å². The van der Waals surface area contributed by atoms with E-state index in [9.17, 15) is 26.3 Å². The first-order valence-electron chi connectivity index (χ1n) is 9.73. The molecule has 0 amide bonds. The van der Waals surface area contributed by atoms with Crippen molar-refractivity contribution in [3.05, 3.63) is 88.5 Å². The van der Waals surface area contributed by atoms with Crippen molar-refractivity contribution in [3.8, 4) is 16.9 Å². The van der Waals surface area contributed by atoms with Crippen LogP contribution in [0.15, 0.2) is 48.5 Å². The molecule has 0 aromatic heterocycles. The zero-order valence-electron chi connectivity index (χ0n) is 16.9. The van der Waals surface area contributed by atoms with Crippen LogP contribution in [0.4, 0.5) is 26.3 Å². The molecule has 7 heteroatoms. The van der Waals surface area contributed by atoms with Crippen molar-refractivity contribution >= 4 is 0 Å². The molecule has 0 unspecified atom stereocenters. The van der Waals surface area contributed by atoms with Crippen molar-refractivity contribution in [2.24, 2.45) is 0 Å². The predicted octanol–water partition coefficient (Wildman–Crippen LogP) is 7.69. The molecule has 164 valence electrons. The van der Waals surface area contributed by atoms with Crippen molar-refractivity contribution in [2.75, 3.05) is 0 Å². The lowest BCUT2D eigenvalue weighted by Crippen LogP contribution is -2.25. The van der Waals surface area contributed by atoms with E-state index in [1.54, 1.807) is 12.1 Å². The molecule has 0 N–H and O–H groups in total. The Bertz CT molecular complexity index is 1030. The Morgan fingerprint density at radius 1 is 0.774 bits per heavy atom. The van der Waals surface area contributed by atoms with E-state index in [-0.39, 0.29) is 5.56 Å². The zero-order chi connectivity index (χ0) is 22.8. The standard InChI is InChI=1S/C24H20F6O/c1-3-4-5-15-6-8-16(9-7-15)17-10-21(27)23(22(28)11-17)24(29,30)31-18-12-19(25)14(2)20(26)13-18/h6-13H,3-5H2,1-2H3. The molecule has 3 aromatic rings. The minimum Gasteiger partial charge on any atom is -0.429 e. The van der Waals surface area contributed by atoms with Gasteiger partial charge in [0, 0.05) is 17.7 Å². The second-order valence-electron chi connectivity index (χ2n) is 7.25. The number of rotatable bonds is 7. The summed E-state index contributed by atoms with van der Waals surface area (Å²) in [5.41, 5.74) is -0.448. The summed E-state index contributed by atoms with van der Waals surface area (Å²) in [6.07, 6.45) is -1.61. The maximum atomic E-state index is 14.5. The molecule has 0 atom stereocenters. The van der Waals surface area contributed by atoms with Gasteiger partial charge in [-0.3, -0.25) is 0 Å². The van der Waals surface area contributed by atoms with Gasteiger partial charge in [-0.05, 0) is 48.6 Å². The molecule has 3 aromatic carbocycles. The number of halogens is 6. The van der Waals surface area contributed by atoms with Gasteiger partial charge < -0.3 is 4.74 Å². The van der Waals surface area contributed by atoms with Gasteiger partial charge >= 0.3 is 6.11 Å². The second kappa shape index (κ2) is 9.04. The number of hydrogen-bond acceptors (Lipinski definition) is 1. The quantitative estimate of drug-likeness (QED) is 0.344. The summed E-state index contributed by atoms with van der Waals surface area (Å²) in [6.45, 7) is 3.17. The average Bonchev–Trinajstić information content (AvgIpc) is 2.69. The number of unbranched alkanes of at least 4 members (excludes halogenated alkanes) is 1. The third-order valence-corrected chi connectivity index (χ3v) is 4.94. The third-order valence-electron chi connectivity index (χ3n) is 4.94. The topological polar surface area (TPSA) is 9.23 Å². The van der Waals surface area contributed by atoms with E-state index in [4.69, 9.17) is 0 Å². The van der Waals surface area contributed by atoms with Gasteiger partial charge in [0.1, 0.15) is 34.6 Å². The fraction of sp³-hybridized carbons (Fsp3) is 0.250. The summed E-state index contributed by atoms with van der Waals surface area (Å²) in [6, 6.07) is 9.53. The van der Waals surface area contributed by atoms with E-state index in [0.717, 1.165) is 43.9 Å². The molecule has 0 fully saturated rings. The SMILES string of the molecule is CCCCc1ccc(-c2cc(F)c(C(F)(F)Oc3cc(F)c(C)c(F)c3)c(F)c2)cc1. The Kier molecular flexibility index (Phi) is 6.62.